The second-order valence-corrected chi connectivity index (χ2v) is 4.67. The summed E-state index contributed by atoms with van der Waals surface area (Å²) in [6.07, 6.45) is 0.00167. The van der Waals surface area contributed by atoms with Gasteiger partial charge in [-0.25, -0.2) is 0 Å². The Kier molecular flexibility index (Phi) is 3.17. The van der Waals surface area contributed by atoms with Crippen LogP contribution in [0.25, 0.3) is 0 Å². The van der Waals surface area contributed by atoms with Gasteiger partial charge in [0.25, 0.3) is 0 Å². The third-order valence-electron chi connectivity index (χ3n) is 3.51. The van der Waals surface area contributed by atoms with Gasteiger partial charge in [-0.05, 0) is 18.1 Å². The molecule has 0 aromatic heterocycles. The van der Waals surface area contributed by atoms with E-state index in [1.807, 2.05) is 31.2 Å². The number of rotatable bonds is 3. The van der Waals surface area contributed by atoms with Gasteiger partial charge in [0.05, 0.1) is 19.6 Å². The van der Waals surface area contributed by atoms with Gasteiger partial charge in [-0.1, -0.05) is 24.3 Å². The van der Waals surface area contributed by atoms with Crippen molar-refractivity contribution in [3.05, 3.63) is 35.4 Å². The average molecular weight is 235 g/mol. The number of hydrogen-bond donors (Lipinski definition) is 2. The predicted molar refractivity (Wildman–Crippen MR) is 63.7 cm³/mol. The van der Waals surface area contributed by atoms with Crippen molar-refractivity contribution in [3.63, 3.8) is 0 Å². The Hall–Kier alpha value is -1.39. The van der Waals surface area contributed by atoms with Crippen LogP contribution in [0.15, 0.2) is 24.3 Å². The van der Waals surface area contributed by atoms with Crippen LogP contribution in [0.3, 0.4) is 0 Å². The van der Waals surface area contributed by atoms with E-state index in [2.05, 4.69) is 0 Å². The molecule has 0 aliphatic carbocycles. The van der Waals surface area contributed by atoms with E-state index >= 15 is 0 Å². The molecule has 0 spiro atoms. The Morgan fingerprint density at radius 1 is 1.59 bits per heavy atom. The van der Waals surface area contributed by atoms with Crippen LogP contribution in [0.4, 0.5) is 0 Å². The van der Waals surface area contributed by atoms with Crippen molar-refractivity contribution in [2.24, 2.45) is 5.73 Å². The minimum absolute atomic E-state index is 0.00167. The fourth-order valence-corrected chi connectivity index (χ4v) is 2.51. The molecule has 2 atom stereocenters. The lowest BCUT2D eigenvalue weighted by molar-refractivity contribution is -0.140. The summed E-state index contributed by atoms with van der Waals surface area (Å²) in [4.78, 5) is 11.1. The topological polar surface area (TPSA) is 72.6 Å². The third-order valence-corrected chi connectivity index (χ3v) is 3.51. The lowest BCUT2D eigenvalue weighted by atomic mass is 9.70. The normalized spacial score (nSPS) is 25.1. The van der Waals surface area contributed by atoms with Crippen LogP contribution in [0.2, 0.25) is 0 Å². The summed E-state index contributed by atoms with van der Waals surface area (Å²) in [6, 6.07) is 7.51. The van der Waals surface area contributed by atoms with E-state index in [1.165, 1.54) is 0 Å². The lowest BCUT2D eigenvalue weighted by Crippen LogP contribution is -2.50. The molecule has 1 aliphatic heterocycles. The van der Waals surface area contributed by atoms with Crippen molar-refractivity contribution in [2.45, 2.75) is 31.4 Å². The number of carboxylic acid groups (broad SMARTS) is 1. The number of nitrogens with two attached hydrogens (primary N) is 1. The number of hydrogen-bond acceptors (Lipinski definition) is 3. The second-order valence-electron chi connectivity index (χ2n) is 4.67. The van der Waals surface area contributed by atoms with Gasteiger partial charge >= 0.3 is 5.97 Å². The standard InChI is InChI=1S/C13H17NO3/c1-9(14)13(6-12(15)16)8-17-7-10-4-2-3-5-11(10)13/h2-5,9H,6-8,14H2,1H3,(H,15,16). The maximum absolute atomic E-state index is 11.1. The lowest BCUT2D eigenvalue weighted by Gasteiger charge is -2.40. The van der Waals surface area contributed by atoms with E-state index in [0.29, 0.717) is 13.2 Å². The van der Waals surface area contributed by atoms with E-state index in [1.54, 1.807) is 0 Å². The van der Waals surface area contributed by atoms with Gasteiger partial charge in [-0.2, -0.15) is 0 Å². The number of ether oxygens (including phenoxy) is 1. The number of aliphatic carboxylic acids is 1. The van der Waals surface area contributed by atoms with Gasteiger partial charge in [0.1, 0.15) is 0 Å². The van der Waals surface area contributed by atoms with Crippen LogP contribution in [0.1, 0.15) is 24.5 Å². The van der Waals surface area contributed by atoms with Crippen LogP contribution >= 0.6 is 0 Å². The van der Waals surface area contributed by atoms with Crippen molar-refractivity contribution in [1.29, 1.82) is 0 Å². The highest BCUT2D eigenvalue weighted by molar-refractivity contribution is 5.69. The zero-order chi connectivity index (χ0) is 12.5. The highest BCUT2D eigenvalue weighted by atomic mass is 16.5. The molecule has 0 saturated carbocycles. The maximum Gasteiger partial charge on any atom is 0.304 e. The summed E-state index contributed by atoms with van der Waals surface area (Å²) in [6.45, 7) is 2.74. The van der Waals surface area contributed by atoms with Crippen molar-refractivity contribution in [1.82, 2.24) is 0 Å². The van der Waals surface area contributed by atoms with Gasteiger partial charge in [0.2, 0.25) is 0 Å². The van der Waals surface area contributed by atoms with E-state index in [-0.39, 0.29) is 12.5 Å². The molecule has 0 saturated heterocycles. The van der Waals surface area contributed by atoms with Crippen molar-refractivity contribution in [2.75, 3.05) is 6.61 Å². The van der Waals surface area contributed by atoms with Gasteiger partial charge in [-0.3, -0.25) is 4.79 Å². The molecule has 1 heterocycles. The predicted octanol–water partition coefficient (Wildman–Crippen LogP) is 1.28. The minimum Gasteiger partial charge on any atom is -0.481 e. The molecule has 2 unspecified atom stereocenters. The summed E-state index contributed by atoms with van der Waals surface area (Å²) in [5, 5.41) is 9.09. The van der Waals surface area contributed by atoms with Crippen molar-refractivity contribution < 1.29 is 14.6 Å². The number of fused-ring (bicyclic) bond motifs is 1. The summed E-state index contributed by atoms with van der Waals surface area (Å²) in [5.74, 6) is -0.845. The Morgan fingerprint density at radius 2 is 2.29 bits per heavy atom. The number of benzene rings is 1. The fraction of sp³-hybridized carbons (Fsp3) is 0.462. The molecule has 2 rings (SSSR count). The SMILES string of the molecule is CC(N)C1(CC(=O)O)COCc2ccccc21. The molecule has 1 aliphatic rings. The largest absolute Gasteiger partial charge is 0.481 e. The second kappa shape index (κ2) is 4.47. The van der Waals surface area contributed by atoms with Crippen LogP contribution in [-0.4, -0.2) is 23.7 Å². The average Bonchev–Trinajstić information content (AvgIpc) is 2.28. The molecular weight excluding hydrogens is 218 g/mol. The summed E-state index contributed by atoms with van der Waals surface area (Å²) in [5.41, 5.74) is 7.47. The molecule has 0 fully saturated rings. The molecule has 1 aromatic carbocycles. The quantitative estimate of drug-likeness (QED) is 0.827. The Labute approximate surface area is 100 Å². The molecule has 4 nitrogen and oxygen atoms in total. The first-order chi connectivity index (χ1) is 8.06. The summed E-state index contributed by atoms with van der Waals surface area (Å²) in [7, 11) is 0. The molecule has 0 radical (unpaired) electrons. The molecule has 1 aromatic rings. The molecule has 0 bridgehead atoms. The fourth-order valence-electron chi connectivity index (χ4n) is 2.51. The molecule has 3 N–H and O–H groups in total. The van der Waals surface area contributed by atoms with Crippen LogP contribution in [-0.2, 0) is 21.6 Å². The van der Waals surface area contributed by atoms with Gasteiger partial charge in [0.15, 0.2) is 0 Å². The Morgan fingerprint density at radius 3 is 2.94 bits per heavy atom. The Balaban J connectivity index is 2.51. The molecule has 92 valence electrons. The first-order valence-electron chi connectivity index (χ1n) is 5.70. The molecule has 4 heteroatoms. The number of carbonyl (C=O) groups is 1. The first kappa shape index (κ1) is 12.1. The van der Waals surface area contributed by atoms with Crippen LogP contribution < -0.4 is 5.73 Å². The zero-order valence-corrected chi connectivity index (χ0v) is 9.85. The van der Waals surface area contributed by atoms with Gasteiger partial charge < -0.3 is 15.6 Å². The zero-order valence-electron chi connectivity index (χ0n) is 9.85. The van der Waals surface area contributed by atoms with Crippen molar-refractivity contribution >= 4 is 5.97 Å². The third kappa shape index (κ3) is 2.06. The number of carboxylic acids is 1. The van der Waals surface area contributed by atoms with Gasteiger partial charge in [-0.15, -0.1) is 0 Å². The first-order valence-corrected chi connectivity index (χ1v) is 5.70. The van der Waals surface area contributed by atoms with Crippen LogP contribution in [0, 0.1) is 0 Å². The highest BCUT2D eigenvalue weighted by Gasteiger charge is 2.42. The van der Waals surface area contributed by atoms with E-state index < -0.39 is 11.4 Å². The van der Waals surface area contributed by atoms with Crippen LogP contribution in [0.5, 0.6) is 0 Å². The Bertz CT molecular complexity index is 430. The van der Waals surface area contributed by atoms with E-state index in [4.69, 9.17) is 15.6 Å². The summed E-state index contributed by atoms with van der Waals surface area (Å²) < 4.78 is 5.53. The molecule has 0 amide bonds. The molecular formula is C13H17NO3. The molecule has 17 heavy (non-hydrogen) atoms. The van der Waals surface area contributed by atoms with E-state index in [0.717, 1.165) is 11.1 Å². The maximum atomic E-state index is 11.1. The highest BCUT2D eigenvalue weighted by Crippen LogP contribution is 2.37. The van der Waals surface area contributed by atoms with E-state index in [9.17, 15) is 4.79 Å². The minimum atomic E-state index is -0.845. The van der Waals surface area contributed by atoms with Gasteiger partial charge in [0, 0.05) is 11.5 Å². The smallest absolute Gasteiger partial charge is 0.304 e. The summed E-state index contributed by atoms with van der Waals surface area (Å²) >= 11 is 0. The van der Waals surface area contributed by atoms with Crippen molar-refractivity contribution in [3.8, 4) is 0 Å². The monoisotopic (exact) mass is 235 g/mol.